The summed E-state index contributed by atoms with van der Waals surface area (Å²) in [6.07, 6.45) is 1.05. The minimum Gasteiger partial charge on any atom is -0.497 e. The van der Waals surface area contributed by atoms with Gasteiger partial charge in [0.15, 0.2) is 0 Å². The molecule has 5 heteroatoms. The van der Waals surface area contributed by atoms with Gasteiger partial charge in [-0.2, -0.15) is 0 Å². The number of nitrogens with zero attached hydrogens (tertiary/aromatic N) is 1. The normalized spacial score (nSPS) is 14.4. The number of hydrogen-bond donors (Lipinski definition) is 1. The molecule has 0 aliphatic carbocycles. The highest BCUT2D eigenvalue weighted by molar-refractivity contribution is 7.10. The van der Waals surface area contributed by atoms with Gasteiger partial charge in [0.2, 0.25) is 5.91 Å². The highest BCUT2D eigenvalue weighted by Gasteiger charge is 2.18. The third-order valence-electron chi connectivity index (χ3n) is 3.88. The number of methoxy groups -OCH3 is 1. The molecule has 1 aliphatic heterocycles. The maximum Gasteiger partial charge on any atom is 0.234 e. The van der Waals surface area contributed by atoms with E-state index in [9.17, 15) is 4.79 Å². The number of rotatable bonds is 5. The molecule has 0 fully saturated rings. The van der Waals surface area contributed by atoms with E-state index < -0.39 is 0 Å². The second-order valence-corrected chi connectivity index (χ2v) is 6.46. The number of carbonyl (C=O) groups is 1. The van der Waals surface area contributed by atoms with Crippen LogP contribution < -0.4 is 10.1 Å². The molecule has 3 rings (SSSR count). The first-order valence-corrected chi connectivity index (χ1v) is 8.30. The van der Waals surface area contributed by atoms with Crippen LogP contribution in [0, 0.1) is 0 Å². The second kappa shape index (κ2) is 6.94. The number of ether oxygens (including phenoxy) is 1. The fourth-order valence-corrected chi connectivity index (χ4v) is 3.57. The van der Waals surface area contributed by atoms with Gasteiger partial charge in [-0.25, -0.2) is 0 Å². The van der Waals surface area contributed by atoms with Crippen LogP contribution in [0.15, 0.2) is 35.7 Å². The monoisotopic (exact) mass is 316 g/mol. The number of hydrogen-bond acceptors (Lipinski definition) is 4. The molecular weight excluding hydrogens is 296 g/mol. The summed E-state index contributed by atoms with van der Waals surface area (Å²) in [5.74, 6) is 0.884. The summed E-state index contributed by atoms with van der Waals surface area (Å²) in [6.45, 7) is 2.83. The third kappa shape index (κ3) is 3.67. The number of thiophene rings is 1. The van der Waals surface area contributed by atoms with E-state index in [-0.39, 0.29) is 5.91 Å². The Morgan fingerprint density at radius 2 is 2.32 bits per heavy atom. The van der Waals surface area contributed by atoms with Crippen molar-refractivity contribution in [1.82, 2.24) is 10.2 Å². The Bertz CT molecular complexity index is 654. The predicted molar refractivity (Wildman–Crippen MR) is 88.1 cm³/mol. The number of benzene rings is 1. The van der Waals surface area contributed by atoms with E-state index in [0.717, 1.165) is 30.8 Å². The SMILES string of the molecule is COc1cccc(CNC(=O)CN2CCc3sccc3C2)c1. The zero-order valence-electron chi connectivity index (χ0n) is 12.7. The second-order valence-electron chi connectivity index (χ2n) is 5.46. The van der Waals surface area contributed by atoms with Gasteiger partial charge in [0.25, 0.3) is 0 Å². The topological polar surface area (TPSA) is 41.6 Å². The van der Waals surface area contributed by atoms with E-state index in [4.69, 9.17) is 4.74 Å². The number of nitrogens with one attached hydrogen (secondary N) is 1. The summed E-state index contributed by atoms with van der Waals surface area (Å²) in [4.78, 5) is 15.8. The van der Waals surface area contributed by atoms with Gasteiger partial charge in [-0.15, -0.1) is 11.3 Å². The predicted octanol–water partition coefficient (Wildman–Crippen LogP) is 2.43. The highest BCUT2D eigenvalue weighted by atomic mass is 32.1. The average Bonchev–Trinajstić information content (AvgIpc) is 3.01. The molecule has 0 saturated heterocycles. The zero-order chi connectivity index (χ0) is 15.4. The lowest BCUT2D eigenvalue weighted by molar-refractivity contribution is -0.122. The van der Waals surface area contributed by atoms with Crippen molar-refractivity contribution in [2.45, 2.75) is 19.5 Å². The minimum absolute atomic E-state index is 0.0708. The summed E-state index contributed by atoms with van der Waals surface area (Å²) >= 11 is 1.82. The summed E-state index contributed by atoms with van der Waals surface area (Å²) < 4.78 is 5.19. The van der Waals surface area contributed by atoms with Crippen molar-refractivity contribution < 1.29 is 9.53 Å². The Hall–Kier alpha value is -1.85. The van der Waals surface area contributed by atoms with E-state index in [0.29, 0.717) is 13.1 Å². The molecule has 0 bridgehead atoms. The third-order valence-corrected chi connectivity index (χ3v) is 4.90. The smallest absolute Gasteiger partial charge is 0.234 e. The Morgan fingerprint density at radius 1 is 1.41 bits per heavy atom. The molecule has 4 nitrogen and oxygen atoms in total. The van der Waals surface area contributed by atoms with Crippen molar-refractivity contribution in [3.05, 3.63) is 51.7 Å². The lowest BCUT2D eigenvalue weighted by atomic mass is 10.1. The fourth-order valence-electron chi connectivity index (χ4n) is 2.68. The molecule has 2 heterocycles. The van der Waals surface area contributed by atoms with E-state index in [1.807, 2.05) is 35.6 Å². The Morgan fingerprint density at radius 3 is 3.18 bits per heavy atom. The quantitative estimate of drug-likeness (QED) is 0.921. The van der Waals surface area contributed by atoms with Gasteiger partial charge in [-0.1, -0.05) is 12.1 Å². The number of fused-ring (bicyclic) bond motifs is 1. The molecule has 0 spiro atoms. The van der Waals surface area contributed by atoms with Crippen LogP contribution in [0.4, 0.5) is 0 Å². The van der Waals surface area contributed by atoms with Crippen LogP contribution in [-0.4, -0.2) is 31.0 Å². The van der Waals surface area contributed by atoms with Gasteiger partial charge in [-0.05, 0) is 41.1 Å². The van der Waals surface area contributed by atoms with Gasteiger partial charge in [0.05, 0.1) is 13.7 Å². The molecule has 116 valence electrons. The van der Waals surface area contributed by atoms with Crippen LogP contribution in [0.2, 0.25) is 0 Å². The molecule has 1 amide bonds. The summed E-state index contributed by atoms with van der Waals surface area (Å²) in [7, 11) is 1.65. The summed E-state index contributed by atoms with van der Waals surface area (Å²) in [5, 5.41) is 5.12. The van der Waals surface area contributed by atoms with Gasteiger partial charge in [-0.3, -0.25) is 9.69 Å². The van der Waals surface area contributed by atoms with E-state index >= 15 is 0 Å². The number of carbonyl (C=O) groups excluding carboxylic acids is 1. The van der Waals surface area contributed by atoms with Crippen LogP contribution in [0.1, 0.15) is 16.0 Å². The first-order valence-electron chi connectivity index (χ1n) is 7.42. The van der Waals surface area contributed by atoms with Crippen LogP contribution in [-0.2, 0) is 24.3 Å². The molecule has 1 aliphatic rings. The number of amides is 1. The molecule has 1 N–H and O–H groups in total. The van der Waals surface area contributed by atoms with E-state index in [1.54, 1.807) is 7.11 Å². The molecule has 0 saturated carbocycles. The Kier molecular flexibility index (Phi) is 4.75. The van der Waals surface area contributed by atoms with Crippen molar-refractivity contribution in [3.8, 4) is 5.75 Å². The molecule has 0 radical (unpaired) electrons. The zero-order valence-corrected chi connectivity index (χ0v) is 13.5. The van der Waals surface area contributed by atoms with E-state index in [1.165, 1.54) is 10.4 Å². The molecule has 22 heavy (non-hydrogen) atoms. The van der Waals surface area contributed by atoms with Crippen molar-refractivity contribution in [2.75, 3.05) is 20.2 Å². The maximum absolute atomic E-state index is 12.1. The molecular formula is C17H20N2O2S. The largest absolute Gasteiger partial charge is 0.497 e. The van der Waals surface area contributed by atoms with Crippen molar-refractivity contribution in [2.24, 2.45) is 0 Å². The first kappa shape index (κ1) is 15.1. The molecule has 0 atom stereocenters. The first-order chi connectivity index (χ1) is 10.7. The van der Waals surface area contributed by atoms with Crippen LogP contribution in [0.3, 0.4) is 0 Å². The molecule has 1 aromatic carbocycles. The molecule has 0 unspecified atom stereocenters. The lowest BCUT2D eigenvalue weighted by Gasteiger charge is -2.26. The van der Waals surface area contributed by atoms with Crippen molar-refractivity contribution in [1.29, 1.82) is 0 Å². The molecule has 2 aromatic rings. The van der Waals surface area contributed by atoms with Crippen LogP contribution in [0.25, 0.3) is 0 Å². The molecule has 1 aromatic heterocycles. The van der Waals surface area contributed by atoms with Crippen molar-refractivity contribution in [3.63, 3.8) is 0 Å². The van der Waals surface area contributed by atoms with Gasteiger partial charge >= 0.3 is 0 Å². The fraction of sp³-hybridized carbons (Fsp3) is 0.353. The van der Waals surface area contributed by atoms with Gasteiger partial charge in [0, 0.05) is 24.5 Å². The van der Waals surface area contributed by atoms with Gasteiger partial charge < -0.3 is 10.1 Å². The minimum atomic E-state index is 0.0708. The Labute approximate surface area is 134 Å². The summed E-state index contributed by atoms with van der Waals surface area (Å²) in [6, 6.07) is 9.93. The van der Waals surface area contributed by atoms with E-state index in [2.05, 4.69) is 21.7 Å². The lowest BCUT2D eigenvalue weighted by Crippen LogP contribution is -2.39. The summed E-state index contributed by atoms with van der Waals surface area (Å²) in [5.41, 5.74) is 2.42. The standard InChI is InChI=1S/C17H20N2O2S/c1-21-15-4-2-3-13(9-15)10-18-17(20)12-19-7-5-16-14(11-19)6-8-22-16/h2-4,6,8-9H,5,7,10-12H2,1H3,(H,18,20). The Balaban J connectivity index is 1.49. The highest BCUT2D eigenvalue weighted by Crippen LogP contribution is 2.23. The van der Waals surface area contributed by atoms with Gasteiger partial charge in [0.1, 0.15) is 5.75 Å². The maximum atomic E-state index is 12.1. The van der Waals surface area contributed by atoms with Crippen LogP contribution in [0.5, 0.6) is 5.75 Å². The van der Waals surface area contributed by atoms with Crippen molar-refractivity contribution >= 4 is 17.2 Å². The van der Waals surface area contributed by atoms with Crippen LogP contribution >= 0.6 is 11.3 Å². The average molecular weight is 316 g/mol.